The maximum atomic E-state index is 12.0. The fourth-order valence-electron chi connectivity index (χ4n) is 2.25. The molecule has 0 aliphatic carbocycles. The molecule has 0 spiro atoms. The van der Waals surface area contributed by atoms with Crippen molar-refractivity contribution in [3.63, 3.8) is 0 Å². The van der Waals surface area contributed by atoms with Crippen molar-refractivity contribution in [2.45, 2.75) is 18.4 Å². The predicted molar refractivity (Wildman–Crippen MR) is 81.8 cm³/mol. The van der Waals surface area contributed by atoms with Crippen molar-refractivity contribution >= 4 is 23.3 Å². The van der Waals surface area contributed by atoms with E-state index in [1.54, 1.807) is 12.1 Å². The minimum absolute atomic E-state index is 0.315. The summed E-state index contributed by atoms with van der Waals surface area (Å²) in [6.07, 6.45) is 0.874. The number of carbonyl (C=O) groups excluding carboxylic acids is 1. The summed E-state index contributed by atoms with van der Waals surface area (Å²) in [4.78, 5) is 14.5. The number of amides is 1. The Bertz CT molecular complexity index is 484. The lowest BCUT2D eigenvalue weighted by atomic mass is 9.87. The molecule has 0 bridgehead atoms. The molecule has 1 aliphatic heterocycles. The SMILES string of the molecule is CN1CCC(NC(=O)Oc2ccccc2)(C(N)=S)CC1. The van der Waals surface area contributed by atoms with E-state index >= 15 is 0 Å². The molecule has 0 aromatic heterocycles. The van der Waals surface area contributed by atoms with Gasteiger partial charge in [-0.3, -0.25) is 0 Å². The number of nitrogens with zero attached hydrogens (tertiary/aromatic N) is 1. The van der Waals surface area contributed by atoms with Crippen molar-refractivity contribution < 1.29 is 9.53 Å². The predicted octanol–water partition coefficient (Wildman–Crippen LogP) is 1.53. The van der Waals surface area contributed by atoms with E-state index in [1.807, 2.05) is 25.2 Å². The van der Waals surface area contributed by atoms with Crippen molar-refractivity contribution in [1.82, 2.24) is 10.2 Å². The third kappa shape index (κ3) is 3.46. The lowest BCUT2D eigenvalue weighted by Gasteiger charge is -2.39. The molecule has 1 aromatic rings. The average molecular weight is 293 g/mol. The van der Waals surface area contributed by atoms with Gasteiger partial charge in [0, 0.05) is 13.1 Å². The van der Waals surface area contributed by atoms with Gasteiger partial charge in [0.15, 0.2) is 0 Å². The van der Waals surface area contributed by atoms with Crippen LogP contribution in [-0.2, 0) is 0 Å². The molecule has 6 heteroatoms. The summed E-state index contributed by atoms with van der Waals surface area (Å²) in [7, 11) is 2.03. The van der Waals surface area contributed by atoms with Crippen LogP contribution < -0.4 is 15.8 Å². The number of piperidine rings is 1. The first-order chi connectivity index (χ1) is 9.52. The Hall–Kier alpha value is -1.66. The molecule has 1 aliphatic rings. The smallest absolute Gasteiger partial charge is 0.410 e. The van der Waals surface area contributed by atoms with Gasteiger partial charge >= 0.3 is 6.09 Å². The number of nitrogens with one attached hydrogen (secondary N) is 1. The summed E-state index contributed by atoms with van der Waals surface area (Å²) < 4.78 is 5.24. The van der Waals surface area contributed by atoms with Crippen molar-refractivity contribution in [2.75, 3.05) is 20.1 Å². The average Bonchev–Trinajstić information content (AvgIpc) is 2.42. The number of benzene rings is 1. The van der Waals surface area contributed by atoms with Gasteiger partial charge in [-0.25, -0.2) is 4.79 Å². The van der Waals surface area contributed by atoms with E-state index in [1.165, 1.54) is 0 Å². The quantitative estimate of drug-likeness (QED) is 0.827. The van der Waals surface area contributed by atoms with E-state index < -0.39 is 11.6 Å². The van der Waals surface area contributed by atoms with E-state index in [0.29, 0.717) is 23.6 Å². The standard InChI is InChI=1S/C14H19N3O2S/c1-17-9-7-14(8-10-17,12(15)20)16-13(18)19-11-5-3-2-4-6-11/h2-6H,7-10H2,1H3,(H2,15,20)(H,16,18). The Labute approximate surface area is 124 Å². The molecule has 1 fully saturated rings. The van der Waals surface area contributed by atoms with Gasteiger partial charge in [-0.1, -0.05) is 30.4 Å². The highest BCUT2D eigenvalue weighted by Crippen LogP contribution is 2.22. The molecular formula is C14H19N3O2S. The first-order valence-electron chi connectivity index (χ1n) is 6.55. The molecule has 1 aromatic carbocycles. The molecule has 108 valence electrons. The van der Waals surface area contributed by atoms with E-state index in [2.05, 4.69) is 10.2 Å². The fourth-order valence-corrected chi connectivity index (χ4v) is 2.50. The molecule has 5 nitrogen and oxygen atoms in total. The number of ether oxygens (including phenoxy) is 1. The Balaban J connectivity index is 2.02. The Kier molecular flexibility index (Phi) is 4.57. The van der Waals surface area contributed by atoms with Gasteiger partial charge in [0.05, 0.1) is 10.5 Å². The third-order valence-corrected chi connectivity index (χ3v) is 4.00. The Morgan fingerprint density at radius 3 is 2.50 bits per heavy atom. The molecule has 0 unspecified atom stereocenters. The van der Waals surface area contributed by atoms with Gasteiger partial charge in [0.25, 0.3) is 0 Å². The number of hydrogen-bond acceptors (Lipinski definition) is 4. The molecule has 2 rings (SSSR count). The zero-order valence-electron chi connectivity index (χ0n) is 11.5. The van der Waals surface area contributed by atoms with E-state index in [0.717, 1.165) is 13.1 Å². The highest BCUT2D eigenvalue weighted by molar-refractivity contribution is 7.80. The molecule has 1 heterocycles. The van der Waals surface area contributed by atoms with Crippen LogP contribution in [0.15, 0.2) is 30.3 Å². The van der Waals surface area contributed by atoms with Gasteiger partial charge in [-0.15, -0.1) is 0 Å². The van der Waals surface area contributed by atoms with E-state index in [4.69, 9.17) is 22.7 Å². The lowest BCUT2D eigenvalue weighted by molar-refractivity contribution is 0.168. The summed E-state index contributed by atoms with van der Waals surface area (Å²) in [6.45, 7) is 1.67. The second-order valence-electron chi connectivity index (χ2n) is 5.08. The maximum Gasteiger partial charge on any atom is 0.413 e. The van der Waals surface area contributed by atoms with Crippen LogP contribution in [0.4, 0.5) is 4.79 Å². The van der Waals surface area contributed by atoms with E-state index in [9.17, 15) is 4.79 Å². The minimum atomic E-state index is -0.645. The normalized spacial score (nSPS) is 18.2. The number of carbonyl (C=O) groups is 1. The first kappa shape index (κ1) is 14.7. The Morgan fingerprint density at radius 2 is 1.95 bits per heavy atom. The zero-order valence-corrected chi connectivity index (χ0v) is 12.3. The molecular weight excluding hydrogens is 274 g/mol. The van der Waals surface area contributed by atoms with Crippen LogP contribution in [0.2, 0.25) is 0 Å². The van der Waals surface area contributed by atoms with Gasteiger partial charge in [-0.2, -0.15) is 0 Å². The van der Waals surface area contributed by atoms with Crippen LogP contribution in [0.1, 0.15) is 12.8 Å². The maximum absolute atomic E-state index is 12.0. The summed E-state index contributed by atoms with van der Waals surface area (Å²) >= 11 is 5.14. The largest absolute Gasteiger partial charge is 0.413 e. The number of para-hydroxylation sites is 1. The number of rotatable bonds is 3. The van der Waals surface area contributed by atoms with Crippen LogP contribution in [0.25, 0.3) is 0 Å². The lowest BCUT2D eigenvalue weighted by Crippen LogP contribution is -2.61. The van der Waals surface area contributed by atoms with Crippen molar-refractivity contribution in [3.05, 3.63) is 30.3 Å². The topological polar surface area (TPSA) is 67.6 Å². The highest BCUT2D eigenvalue weighted by Gasteiger charge is 2.38. The minimum Gasteiger partial charge on any atom is -0.410 e. The summed E-state index contributed by atoms with van der Waals surface area (Å²) in [5, 5.41) is 2.85. The van der Waals surface area contributed by atoms with Gasteiger partial charge in [-0.05, 0) is 32.0 Å². The third-order valence-electron chi connectivity index (χ3n) is 3.61. The fraction of sp³-hybridized carbons (Fsp3) is 0.429. The van der Waals surface area contributed by atoms with Crippen LogP contribution >= 0.6 is 12.2 Å². The molecule has 0 radical (unpaired) electrons. The van der Waals surface area contributed by atoms with Gasteiger partial charge < -0.3 is 20.7 Å². The molecule has 0 saturated carbocycles. The molecule has 1 saturated heterocycles. The monoisotopic (exact) mass is 293 g/mol. The molecule has 20 heavy (non-hydrogen) atoms. The summed E-state index contributed by atoms with van der Waals surface area (Å²) in [6, 6.07) is 8.92. The first-order valence-corrected chi connectivity index (χ1v) is 6.96. The summed E-state index contributed by atoms with van der Waals surface area (Å²) in [5.41, 5.74) is 5.19. The second kappa shape index (κ2) is 6.19. The van der Waals surface area contributed by atoms with Crippen molar-refractivity contribution in [1.29, 1.82) is 0 Å². The van der Waals surface area contributed by atoms with Gasteiger partial charge in [0.2, 0.25) is 0 Å². The molecule has 1 amide bonds. The van der Waals surface area contributed by atoms with Crippen LogP contribution in [-0.4, -0.2) is 41.7 Å². The second-order valence-corrected chi connectivity index (χ2v) is 5.52. The van der Waals surface area contributed by atoms with Crippen LogP contribution in [0.3, 0.4) is 0 Å². The number of hydrogen-bond donors (Lipinski definition) is 2. The van der Waals surface area contributed by atoms with E-state index in [-0.39, 0.29) is 0 Å². The van der Waals surface area contributed by atoms with Crippen molar-refractivity contribution in [3.8, 4) is 5.75 Å². The zero-order chi connectivity index (χ0) is 14.6. The number of nitrogens with two attached hydrogens (primary N) is 1. The number of thiocarbonyl (C=S) groups is 1. The van der Waals surface area contributed by atoms with Gasteiger partial charge in [0.1, 0.15) is 5.75 Å². The number of likely N-dealkylation sites (tertiary alicyclic amines) is 1. The van der Waals surface area contributed by atoms with Crippen molar-refractivity contribution in [2.24, 2.45) is 5.73 Å². The Morgan fingerprint density at radius 1 is 1.35 bits per heavy atom. The highest BCUT2D eigenvalue weighted by atomic mass is 32.1. The molecule has 3 N–H and O–H groups in total. The van der Waals surface area contributed by atoms with Crippen LogP contribution in [0, 0.1) is 0 Å². The molecule has 0 atom stereocenters. The summed E-state index contributed by atoms with van der Waals surface area (Å²) in [5.74, 6) is 0.496. The van der Waals surface area contributed by atoms with Crippen LogP contribution in [0.5, 0.6) is 5.75 Å².